The Bertz CT molecular complexity index is 331. The van der Waals surface area contributed by atoms with Gasteiger partial charge < -0.3 is 5.11 Å². The molecule has 0 aromatic heterocycles. The molecular weight excluding hydrogens is 267 g/mol. The monoisotopic (exact) mass is 283 g/mol. The molecule has 0 spiro atoms. The Kier molecular flexibility index (Phi) is 3.82. The third-order valence-electron chi connectivity index (χ3n) is 3.96. The van der Waals surface area contributed by atoms with Gasteiger partial charge in [0.25, 0.3) is 0 Å². The number of halogens is 3. The van der Waals surface area contributed by atoms with Crippen molar-refractivity contribution in [2.75, 3.05) is 24.6 Å². The van der Waals surface area contributed by atoms with Gasteiger partial charge in [0.2, 0.25) is 0 Å². The van der Waals surface area contributed by atoms with Gasteiger partial charge >= 0.3 is 12.1 Å². The molecule has 0 saturated carbocycles. The number of carboxylic acid groups (broad SMARTS) is 1. The Morgan fingerprint density at radius 1 is 1.33 bits per heavy atom. The van der Waals surface area contributed by atoms with Gasteiger partial charge in [0.1, 0.15) is 0 Å². The van der Waals surface area contributed by atoms with Crippen molar-refractivity contribution in [2.45, 2.75) is 31.5 Å². The number of aliphatic carboxylic acids is 1. The van der Waals surface area contributed by atoms with Crippen LogP contribution in [0, 0.1) is 5.41 Å². The molecule has 0 aromatic carbocycles. The molecule has 0 radical (unpaired) electrons. The maximum absolute atomic E-state index is 13.0. The van der Waals surface area contributed by atoms with Crippen molar-refractivity contribution in [2.24, 2.45) is 5.41 Å². The quantitative estimate of drug-likeness (QED) is 0.843. The Labute approximate surface area is 108 Å². The molecule has 2 fully saturated rings. The van der Waals surface area contributed by atoms with Crippen LogP contribution in [0.15, 0.2) is 0 Å². The number of alkyl halides is 3. The van der Waals surface area contributed by atoms with E-state index >= 15 is 0 Å². The van der Waals surface area contributed by atoms with Gasteiger partial charge in [-0.2, -0.15) is 24.9 Å². The van der Waals surface area contributed by atoms with E-state index in [9.17, 15) is 18.0 Å². The SMILES string of the molecule is O=C(O)C1(C(F)(F)F)CCN(C2CCSCC2)C1. The molecule has 104 valence electrons. The topological polar surface area (TPSA) is 40.5 Å². The van der Waals surface area contributed by atoms with Crippen molar-refractivity contribution < 1.29 is 23.1 Å². The number of rotatable bonds is 2. The van der Waals surface area contributed by atoms with Crippen molar-refractivity contribution in [1.29, 1.82) is 0 Å². The van der Waals surface area contributed by atoms with E-state index in [1.54, 1.807) is 16.7 Å². The minimum absolute atomic E-state index is 0.120. The van der Waals surface area contributed by atoms with Gasteiger partial charge in [0, 0.05) is 12.6 Å². The number of nitrogens with zero attached hydrogens (tertiary/aromatic N) is 1. The van der Waals surface area contributed by atoms with E-state index in [0.29, 0.717) is 0 Å². The van der Waals surface area contributed by atoms with Crippen LogP contribution in [0.2, 0.25) is 0 Å². The summed E-state index contributed by atoms with van der Waals surface area (Å²) in [6.07, 6.45) is -3.27. The molecule has 2 rings (SSSR count). The lowest BCUT2D eigenvalue weighted by atomic mass is 9.86. The second kappa shape index (κ2) is 4.92. The molecule has 2 aliphatic rings. The fourth-order valence-electron chi connectivity index (χ4n) is 2.73. The van der Waals surface area contributed by atoms with E-state index in [0.717, 1.165) is 24.3 Å². The molecule has 2 heterocycles. The smallest absolute Gasteiger partial charge is 0.406 e. The highest BCUT2D eigenvalue weighted by atomic mass is 32.2. The van der Waals surface area contributed by atoms with Gasteiger partial charge in [-0.15, -0.1) is 0 Å². The maximum atomic E-state index is 13.0. The lowest BCUT2D eigenvalue weighted by Crippen LogP contribution is -2.48. The number of carbonyl (C=O) groups is 1. The zero-order valence-corrected chi connectivity index (χ0v) is 10.7. The molecule has 2 saturated heterocycles. The molecule has 0 aliphatic carbocycles. The van der Waals surface area contributed by atoms with Crippen LogP contribution in [-0.4, -0.2) is 52.8 Å². The highest BCUT2D eigenvalue weighted by Crippen LogP contribution is 2.46. The zero-order chi connectivity index (χ0) is 13.4. The fourth-order valence-corrected chi connectivity index (χ4v) is 3.81. The minimum Gasteiger partial charge on any atom is -0.481 e. The van der Waals surface area contributed by atoms with Crippen molar-refractivity contribution in [3.05, 3.63) is 0 Å². The lowest BCUT2D eigenvalue weighted by Gasteiger charge is -2.33. The van der Waals surface area contributed by atoms with Crippen LogP contribution in [0.1, 0.15) is 19.3 Å². The highest BCUT2D eigenvalue weighted by Gasteiger charge is 2.64. The van der Waals surface area contributed by atoms with Crippen molar-refractivity contribution >= 4 is 17.7 Å². The van der Waals surface area contributed by atoms with E-state index in [-0.39, 0.29) is 25.6 Å². The first-order valence-corrected chi connectivity index (χ1v) is 7.14. The van der Waals surface area contributed by atoms with E-state index in [1.165, 1.54) is 0 Å². The number of hydrogen-bond donors (Lipinski definition) is 1. The Balaban J connectivity index is 2.11. The Hall–Kier alpha value is -0.430. The predicted molar refractivity (Wildman–Crippen MR) is 62.7 cm³/mol. The largest absolute Gasteiger partial charge is 0.481 e. The first-order valence-electron chi connectivity index (χ1n) is 5.99. The van der Waals surface area contributed by atoms with Gasteiger partial charge in [-0.05, 0) is 37.3 Å². The Morgan fingerprint density at radius 2 is 1.94 bits per heavy atom. The molecule has 1 atom stereocenters. The predicted octanol–water partition coefficient (Wildman–Crippen LogP) is 2.22. The van der Waals surface area contributed by atoms with Crippen molar-refractivity contribution in [3.8, 4) is 0 Å². The van der Waals surface area contributed by atoms with Crippen LogP contribution < -0.4 is 0 Å². The summed E-state index contributed by atoms with van der Waals surface area (Å²) in [6.45, 7) is -0.150. The van der Waals surface area contributed by atoms with Crippen LogP contribution in [0.4, 0.5) is 13.2 Å². The lowest BCUT2D eigenvalue weighted by molar-refractivity contribution is -0.227. The zero-order valence-electron chi connectivity index (χ0n) is 9.87. The van der Waals surface area contributed by atoms with E-state index in [4.69, 9.17) is 5.11 Å². The Morgan fingerprint density at radius 3 is 2.39 bits per heavy atom. The average molecular weight is 283 g/mol. The summed E-state index contributed by atoms with van der Waals surface area (Å²) < 4.78 is 39.0. The molecule has 0 aromatic rings. The van der Waals surface area contributed by atoms with E-state index in [1.807, 2.05) is 0 Å². The molecule has 1 N–H and O–H groups in total. The van der Waals surface area contributed by atoms with Gasteiger partial charge in [0.05, 0.1) is 0 Å². The second-order valence-corrected chi connectivity index (χ2v) is 6.17. The van der Waals surface area contributed by atoms with E-state index < -0.39 is 17.6 Å². The van der Waals surface area contributed by atoms with E-state index in [2.05, 4.69) is 0 Å². The first kappa shape index (κ1) is 14.0. The summed E-state index contributed by atoms with van der Waals surface area (Å²) in [5, 5.41) is 8.96. The summed E-state index contributed by atoms with van der Waals surface area (Å²) in [4.78, 5) is 12.8. The molecule has 7 heteroatoms. The van der Waals surface area contributed by atoms with Crippen LogP contribution in [0.5, 0.6) is 0 Å². The summed E-state index contributed by atoms with van der Waals surface area (Å²) in [7, 11) is 0. The summed E-state index contributed by atoms with van der Waals surface area (Å²) in [5.74, 6) is 0.170. The van der Waals surface area contributed by atoms with Gasteiger partial charge in [-0.25, -0.2) is 0 Å². The van der Waals surface area contributed by atoms with Gasteiger partial charge in [0.15, 0.2) is 5.41 Å². The molecule has 3 nitrogen and oxygen atoms in total. The molecule has 0 bridgehead atoms. The number of hydrogen-bond acceptors (Lipinski definition) is 3. The fraction of sp³-hybridized carbons (Fsp3) is 0.909. The molecular formula is C11H16F3NO2S. The first-order chi connectivity index (χ1) is 8.37. The van der Waals surface area contributed by atoms with Crippen LogP contribution >= 0.6 is 11.8 Å². The maximum Gasteiger partial charge on any atom is 0.406 e. The van der Waals surface area contributed by atoms with Crippen LogP contribution in [0.3, 0.4) is 0 Å². The van der Waals surface area contributed by atoms with Gasteiger partial charge in [-0.3, -0.25) is 9.69 Å². The van der Waals surface area contributed by atoms with Gasteiger partial charge in [-0.1, -0.05) is 0 Å². The second-order valence-electron chi connectivity index (χ2n) is 4.95. The molecule has 18 heavy (non-hydrogen) atoms. The number of likely N-dealkylation sites (tertiary alicyclic amines) is 1. The number of carboxylic acids is 1. The van der Waals surface area contributed by atoms with Crippen molar-refractivity contribution in [3.63, 3.8) is 0 Å². The highest BCUT2D eigenvalue weighted by molar-refractivity contribution is 7.99. The minimum atomic E-state index is -4.67. The van der Waals surface area contributed by atoms with Crippen molar-refractivity contribution in [1.82, 2.24) is 4.90 Å². The van der Waals surface area contributed by atoms with Crippen LogP contribution in [-0.2, 0) is 4.79 Å². The molecule has 0 amide bonds. The standard InChI is InChI=1S/C11H16F3NO2S/c12-11(13,14)10(9(16)17)3-4-15(7-10)8-1-5-18-6-2-8/h8H,1-7H2,(H,16,17). The summed E-state index contributed by atoms with van der Waals surface area (Å²) >= 11 is 1.80. The van der Waals surface area contributed by atoms with Crippen LogP contribution in [0.25, 0.3) is 0 Å². The average Bonchev–Trinajstić information content (AvgIpc) is 2.75. The summed E-state index contributed by atoms with van der Waals surface area (Å²) in [6, 6.07) is 0.120. The third-order valence-corrected chi connectivity index (χ3v) is 5.01. The number of thioether (sulfide) groups is 1. The summed E-state index contributed by atoms with van der Waals surface area (Å²) in [5.41, 5.74) is -2.56. The third kappa shape index (κ3) is 2.34. The molecule has 2 aliphatic heterocycles. The normalized spacial score (nSPS) is 31.7. The molecule has 1 unspecified atom stereocenters.